The van der Waals surface area contributed by atoms with Crippen molar-refractivity contribution in [3.63, 3.8) is 0 Å². The van der Waals surface area contributed by atoms with Gasteiger partial charge in [0.2, 0.25) is 0 Å². The number of rotatable bonds is 0. The maximum atomic E-state index is 3.67. The molecule has 1 aromatic rings. The van der Waals surface area contributed by atoms with Crippen molar-refractivity contribution < 1.29 is 21.1 Å². The first-order valence-electron chi connectivity index (χ1n) is 1.43. The van der Waals surface area contributed by atoms with Crippen LogP contribution in [0.1, 0.15) is 0 Å². The molecule has 0 aromatic carbocycles. The molecule has 0 bridgehead atoms. The summed E-state index contributed by atoms with van der Waals surface area (Å²) >= 11 is 0. The van der Waals surface area contributed by atoms with Crippen molar-refractivity contribution >= 4 is 0 Å². The Hall–Kier alpha value is -0.102. The van der Waals surface area contributed by atoms with Crippen LogP contribution in [0.25, 0.3) is 0 Å². The minimum atomic E-state index is 0. The standard InChI is InChI=1S/C3H4N2.Pt/c1-2-5-3-4-1;/h1-3H,(H,4,5);. The molecule has 2 nitrogen and oxygen atoms in total. The maximum absolute atomic E-state index is 3.67. The summed E-state index contributed by atoms with van der Waals surface area (Å²) in [7, 11) is 0. The molecule has 3 heteroatoms. The monoisotopic (exact) mass is 263 g/mol. The third kappa shape index (κ3) is 1.36. The second-order valence-electron chi connectivity index (χ2n) is 0.761. The molecular formula is C3H4N2Pt. The van der Waals surface area contributed by atoms with Gasteiger partial charge in [0.05, 0.1) is 6.33 Å². The molecule has 0 radical (unpaired) electrons. The van der Waals surface area contributed by atoms with Gasteiger partial charge in [0.1, 0.15) is 0 Å². The number of aromatic nitrogens is 2. The van der Waals surface area contributed by atoms with Crippen LogP contribution >= 0.6 is 0 Å². The van der Waals surface area contributed by atoms with Gasteiger partial charge in [-0.25, -0.2) is 4.98 Å². The van der Waals surface area contributed by atoms with Crippen LogP contribution in [-0.2, 0) is 21.1 Å². The summed E-state index contributed by atoms with van der Waals surface area (Å²) in [6.07, 6.45) is 5.08. The molecule has 0 saturated heterocycles. The van der Waals surface area contributed by atoms with Crippen LogP contribution in [0.4, 0.5) is 0 Å². The average Bonchev–Trinajstić information content (AvgIpc) is 1.76. The van der Waals surface area contributed by atoms with E-state index in [1.807, 2.05) is 0 Å². The molecule has 6 heavy (non-hydrogen) atoms. The zero-order valence-corrected chi connectivity index (χ0v) is 5.27. The summed E-state index contributed by atoms with van der Waals surface area (Å²) in [6.45, 7) is 0. The summed E-state index contributed by atoms with van der Waals surface area (Å²) in [4.78, 5) is 6.42. The van der Waals surface area contributed by atoms with Crippen LogP contribution in [-0.4, -0.2) is 9.97 Å². The van der Waals surface area contributed by atoms with Crippen LogP contribution in [0, 0.1) is 0 Å². The largest absolute Gasteiger partial charge is 0.351 e. The normalized spacial score (nSPS) is 6.67. The van der Waals surface area contributed by atoms with Crippen molar-refractivity contribution in [2.75, 3.05) is 0 Å². The Morgan fingerprint density at radius 2 is 2.33 bits per heavy atom. The van der Waals surface area contributed by atoms with Crippen molar-refractivity contribution in [1.82, 2.24) is 9.97 Å². The number of nitrogens with zero attached hydrogens (tertiary/aromatic N) is 1. The first kappa shape index (κ1) is 5.90. The van der Waals surface area contributed by atoms with Crippen LogP contribution < -0.4 is 0 Å². The topological polar surface area (TPSA) is 28.7 Å². The molecule has 0 amide bonds. The molecule has 0 fully saturated rings. The molecule has 0 saturated carbocycles. The van der Waals surface area contributed by atoms with Crippen LogP contribution in [0.2, 0.25) is 0 Å². The zero-order chi connectivity index (χ0) is 3.54. The Labute approximate surface area is 50.2 Å². The molecule has 0 aliphatic rings. The number of hydrogen-bond acceptors (Lipinski definition) is 1. The fraction of sp³-hybridized carbons (Fsp3) is 0. The third-order valence-corrected chi connectivity index (χ3v) is 0.406. The number of imidazole rings is 1. The predicted octanol–water partition coefficient (Wildman–Crippen LogP) is 0.407. The van der Waals surface area contributed by atoms with E-state index < -0.39 is 0 Å². The summed E-state index contributed by atoms with van der Waals surface area (Å²) in [5, 5.41) is 0. The van der Waals surface area contributed by atoms with Gasteiger partial charge in [0.15, 0.2) is 0 Å². The molecule has 0 atom stereocenters. The quantitative estimate of drug-likeness (QED) is 0.721. The molecule has 1 aromatic heterocycles. The van der Waals surface area contributed by atoms with Gasteiger partial charge < -0.3 is 4.98 Å². The third-order valence-electron chi connectivity index (χ3n) is 0.406. The minimum Gasteiger partial charge on any atom is -0.351 e. The van der Waals surface area contributed by atoms with Gasteiger partial charge in [0, 0.05) is 33.5 Å². The van der Waals surface area contributed by atoms with Gasteiger partial charge in [-0.15, -0.1) is 0 Å². The Morgan fingerprint density at radius 3 is 2.50 bits per heavy atom. The smallest absolute Gasteiger partial charge is 0.0919 e. The molecule has 0 unspecified atom stereocenters. The summed E-state index contributed by atoms with van der Waals surface area (Å²) in [5.41, 5.74) is 0. The van der Waals surface area contributed by atoms with Gasteiger partial charge in [0.25, 0.3) is 0 Å². The van der Waals surface area contributed by atoms with E-state index in [1.165, 1.54) is 0 Å². The van der Waals surface area contributed by atoms with E-state index in [9.17, 15) is 0 Å². The number of H-pyrrole nitrogens is 1. The summed E-state index contributed by atoms with van der Waals surface area (Å²) in [5.74, 6) is 0. The first-order valence-corrected chi connectivity index (χ1v) is 1.43. The van der Waals surface area contributed by atoms with Gasteiger partial charge in [-0.2, -0.15) is 0 Å². The number of hydrogen-bond donors (Lipinski definition) is 1. The molecule has 1 rings (SSSR count). The van der Waals surface area contributed by atoms with Crippen LogP contribution in [0.5, 0.6) is 0 Å². The van der Waals surface area contributed by atoms with Crippen LogP contribution in [0.3, 0.4) is 0 Å². The molecule has 1 N–H and O–H groups in total. The maximum Gasteiger partial charge on any atom is 0.0919 e. The molecule has 1 heterocycles. The number of aromatic amines is 1. The van der Waals surface area contributed by atoms with Gasteiger partial charge in [-0.1, -0.05) is 0 Å². The van der Waals surface area contributed by atoms with Gasteiger partial charge in [-0.05, 0) is 0 Å². The van der Waals surface area contributed by atoms with Crippen molar-refractivity contribution in [2.24, 2.45) is 0 Å². The zero-order valence-electron chi connectivity index (χ0n) is 3.00. The average molecular weight is 263 g/mol. The SMILES string of the molecule is [Pt].c1c[nH]cn1. The van der Waals surface area contributed by atoms with Crippen molar-refractivity contribution in [3.8, 4) is 0 Å². The van der Waals surface area contributed by atoms with E-state index in [-0.39, 0.29) is 21.1 Å². The summed E-state index contributed by atoms with van der Waals surface area (Å²) < 4.78 is 0. The molecule has 36 valence electrons. The van der Waals surface area contributed by atoms with Gasteiger partial charge >= 0.3 is 0 Å². The van der Waals surface area contributed by atoms with E-state index >= 15 is 0 Å². The second kappa shape index (κ2) is 3.10. The van der Waals surface area contributed by atoms with Crippen molar-refractivity contribution in [1.29, 1.82) is 0 Å². The fourth-order valence-corrected chi connectivity index (χ4v) is 0.215. The Bertz CT molecular complexity index is 65.3. The molecular weight excluding hydrogens is 259 g/mol. The number of nitrogens with one attached hydrogen (secondary N) is 1. The first-order chi connectivity index (χ1) is 2.50. The molecule has 0 aliphatic heterocycles. The molecule has 0 spiro atoms. The van der Waals surface area contributed by atoms with Crippen molar-refractivity contribution in [2.45, 2.75) is 0 Å². The second-order valence-corrected chi connectivity index (χ2v) is 0.761. The Kier molecular flexibility index (Phi) is 3.05. The van der Waals surface area contributed by atoms with E-state index in [2.05, 4.69) is 9.97 Å². The Balaban J connectivity index is 0.000000250. The minimum absolute atomic E-state index is 0. The fourth-order valence-electron chi connectivity index (χ4n) is 0.215. The summed E-state index contributed by atoms with van der Waals surface area (Å²) in [6, 6.07) is 0. The van der Waals surface area contributed by atoms with E-state index in [4.69, 9.17) is 0 Å². The predicted molar refractivity (Wildman–Crippen MR) is 18.6 cm³/mol. The van der Waals surface area contributed by atoms with Crippen LogP contribution in [0.15, 0.2) is 18.7 Å². The Morgan fingerprint density at radius 1 is 1.50 bits per heavy atom. The molecule has 0 aliphatic carbocycles. The van der Waals surface area contributed by atoms with Crippen molar-refractivity contribution in [3.05, 3.63) is 18.7 Å². The van der Waals surface area contributed by atoms with E-state index in [0.717, 1.165) is 0 Å². The van der Waals surface area contributed by atoms with E-state index in [0.29, 0.717) is 0 Å². The van der Waals surface area contributed by atoms with E-state index in [1.54, 1.807) is 18.7 Å². The van der Waals surface area contributed by atoms with Gasteiger partial charge in [-0.3, -0.25) is 0 Å².